The van der Waals surface area contributed by atoms with E-state index in [1.165, 1.54) is 30.6 Å². The Labute approximate surface area is 127 Å². The predicted molar refractivity (Wildman–Crippen MR) is 81.7 cm³/mol. The number of rotatable bonds is 2. The molecule has 1 aromatic carbocycles. The molecule has 21 heavy (non-hydrogen) atoms. The minimum absolute atomic E-state index is 0.201. The first kappa shape index (κ1) is 15.4. The Kier molecular flexibility index (Phi) is 4.22. The molecule has 1 N–H and O–H groups in total. The lowest BCUT2D eigenvalue weighted by atomic mass is 10.1. The number of nitrogens with one attached hydrogen (secondary N) is 1. The van der Waals surface area contributed by atoms with Gasteiger partial charge in [0.1, 0.15) is 10.6 Å². The van der Waals surface area contributed by atoms with Crippen molar-refractivity contribution in [3.05, 3.63) is 29.8 Å². The third-order valence-corrected chi connectivity index (χ3v) is 4.26. The SMILES string of the molecule is COc1cccc(C2(C)SC(NC(C)=O)=NN2C(C)=O)c1. The van der Waals surface area contributed by atoms with Crippen LogP contribution in [0.3, 0.4) is 0 Å². The fourth-order valence-corrected chi connectivity index (χ4v) is 3.30. The average Bonchev–Trinajstić information content (AvgIpc) is 2.76. The molecule has 7 heteroatoms. The lowest BCUT2D eigenvalue weighted by Crippen LogP contribution is -2.37. The minimum Gasteiger partial charge on any atom is -0.497 e. The number of carbonyl (C=O) groups is 2. The third-order valence-electron chi connectivity index (χ3n) is 3.08. The van der Waals surface area contributed by atoms with Crippen molar-refractivity contribution >= 4 is 28.7 Å². The Bertz CT molecular complexity index is 617. The zero-order valence-corrected chi connectivity index (χ0v) is 13.2. The molecule has 0 aromatic heterocycles. The van der Waals surface area contributed by atoms with Crippen molar-refractivity contribution in [2.75, 3.05) is 7.11 Å². The molecule has 6 nitrogen and oxygen atoms in total. The molecule has 1 aliphatic heterocycles. The topological polar surface area (TPSA) is 71.0 Å². The van der Waals surface area contributed by atoms with Gasteiger partial charge in [-0.1, -0.05) is 23.9 Å². The molecule has 0 saturated heterocycles. The number of hydrogen-bond donors (Lipinski definition) is 1. The molecule has 2 amide bonds. The van der Waals surface area contributed by atoms with Crippen LogP contribution in [0.25, 0.3) is 0 Å². The summed E-state index contributed by atoms with van der Waals surface area (Å²) in [5.41, 5.74) is 0.867. The summed E-state index contributed by atoms with van der Waals surface area (Å²) in [7, 11) is 1.59. The molecule has 1 aliphatic rings. The molecule has 1 heterocycles. The van der Waals surface area contributed by atoms with E-state index in [4.69, 9.17) is 4.74 Å². The maximum atomic E-state index is 11.9. The smallest absolute Gasteiger partial charge is 0.241 e. The predicted octanol–water partition coefficient (Wildman–Crippen LogP) is 1.87. The summed E-state index contributed by atoms with van der Waals surface area (Å²) >= 11 is 1.32. The molecule has 0 fully saturated rings. The molecule has 0 spiro atoms. The van der Waals surface area contributed by atoms with Gasteiger partial charge < -0.3 is 10.1 Å². The first-order chi connectivity index (χ1) is 9.86. The van der Waals surface area contributed by atoms with Crippen molar-refractivity contribution in [3.63, 3.8) is 0 Å². The van der Waals surface area contributed by atoms with Crippen LogP contribution in [0, 0.1) is 0 Å². The Hall–Kier alpha value is -2.02. The molecule has 1 unspecified atom stereocenters. The lowest BCUT2D eigenvalue weighted by molar-refractivity contribution is -0.131. The minimum atomic E-state index is -0.724. The van der Waals surface area contributed by atoms with Gasteiger partial charge in [0.05, 0.1) is 7.11 Å². The van der Waals surface area contributed by atoms with Gasteiger partial charge in [0.2, 0.25) is 11.8 Å². The molecular weight excluding hydrogens is 290 g/mol. The number of hydrazone groups is 1. The molecule has 0 radical (unpaired) electrons. The maximum absolute atomic E-state index is 11.9. The monoisotopic (exact) mass is 307 g/mol. The molecular formula is C14H17N3O3S. The number of nitrogens with zero attached hydrogens (tertiary/aromatic N) is 2. The summed E-state index contributed by atoms with van der Waals surface area (Å²) in [6.45, 7) is 4.73. The number of methoxy groups -OCH3 is 1. The van der Waals surface area contributed by atoms with Gasteiger partial charge in [-0.15, -0.1) is 5.10 Å². The van der Waals surface area contributed by atoms with E-state index in [0.717, 1.165) is 5.56 Å². The van der Waals surface area contributed by atoms with E-state index < -0.39 is 4.87 Å². The van der Waals surface area contributed by atoms with Gasteiger partial charge in [0, 0.05) is 13.8 Å². The summed E-state index contributed by atoms with van der Waals surface area (Å²) in [5, 5.41) is 8.61. The maximum Gasteiger partial charge on any atom is 0.241 e. The van der Waals surface area contributed by atoms with E-state index in [0.29, 0.717) is 10.9 Å². The van der Waals surface area contributed by atoms with Crippen LogP contribution in [0.4, 0.5) is 0 Å². The highest BCUT2D eigenvalue weighted by Gasteiger charge is 2.44. The number of amides is 2. The molecule has 2 rings (SSSR count). The largest absolute Gasteiger partial charge is 0.497 e. The van der Waals surface area contributed by atoms with E-state index in [2.05, 4.69) is 10.4 Å². The number of ether oxygens (including phenoxy) is 1. The second-order valence-corrected chi connectivity index (χ2v) is 6.12. The number of thioether (sulfide) groups is 1. The van der Waals surface area contributed by atoms with Gasteiger partial charge in [-0.05, 0) is 24.6 Å². The zero-order chi connectivity index (χ0) is 15.6. The van der Waals surface area contributed by atoms with Crippen molar-refractivity contribution in [3.8, 4) is 5.75 Å². The standard InChI is InChI=1S/C14H17N3O3S/c1-9(18)15-13-16-17(10(2)19)14(3,21-13)11-6-5-7-12(8-11)20-4/h5-8H,1-4H3,(H,15,16,18). The van der Waals surface area contributed by atoms with Gasteiger partial charge in [-0.2, -0.15) is 0 Å². The number of benzene rings is 1. The van der Waals surface area contributed by atoms with E-state index in [1.807, 2.05) is 31.2 Å². The zero-order valence-electron chi connectivity index (χ0n) is 12.3. The number of amidine groups is 1. The highest BCUT2D eigenvalue weighted by atomic mass is 32.2. The van der Waals surface area contributed by atoms with Crippen LogP contribution >= 0.6 is 11.8 Å². The van der Waals surface area contributed by atoms with Crippen LogP contribution in [0.2, 0.25) is 0 Å². The van der Waals surface area contributed by atoms with Gasteiger partial charge in [0.15, 0.2) is 5.17 Å². The van der Waals surface area contributed by atoms with Crippen LogP contribution in [0.15, 0.2) is 29.4 Å². The molecule has 1 atom stereocenters. The van der Waals surface area contributed by atoms with Gasteiger partial charge >= 0.3 is 0 Å². The third kappa shape index (κ3) is 3.02. The van der Waals surface area contributed by atoms with Crippen LogP contribution in [0.1, 0.15) is 26.3 Å². The highest BCUT2D eigenvalue weighted by Crippen LogP contribution is 2.45. The van der Waals surface area contributed by atoms with Crippen molar-refractivity contribution in [1.82, 2.24) is 10.3 Å². The average molecular weight is 307 g/mol. The molecule has 0 saturated carbocycles. The second kappa shape index (κ2) is 5.77. The molecule has 0 bridgehead atoms. The lowest BCUT2D eigenvalue weighted by Gasteiger charge is -2.31. The summed E-state index contributed by atoms with van der Waals surface area (Å²) in [6, 6.07) is 7.45. The van der Waals surface area contributed by atoms with Gasteiger partial charge in [-0.25, -0.2) is 5.01 Å². The van der Waals surface area contributed by atoms with Crippen LogP contribution in [-0.2, 0) is 14.5 Å². The second-order valence-electron chi connectivity index (χ2n) is 4.73. The van der Waals surface area contributed by atoms with Crippen molar-refractivity contribution in [1.29, 1.82) is 0 Å². The van der Waals surface area contributed by atoms with Crippen LogP contribution in [-0.4, -0.2) is 29.1 Å². The van der Waals surface area contributed by atoms with Gasteiger partial charge in [-0.3, -0.25) is 9.59 Å². The van der Waals surface area contributed by atoms with E-state index in [9.17, 15) is 9.59 Å². The highest BCUT2D eigenvalue weighted by molar-refractivity contribution is 8.14. The summed E-state index contributed by atoms with van der Waals surface area (Å²) in [6.07, 6.45) is 0. The van der Waals surface area contributed by atoms with Crippen LogP contribution in [0.5, 0.6) is 5.75 Å². The Morgan fingerprint density at radius 3 is 2.67 bits per heavy atom. The quantitative estimate of drug-likeness (QED) is 0.905. The van der Waals surface area contributed by atoms with Gasteiger partial charge in [0.25, 0.3) is 0 Å². The fraction of sp³-hybridized carbons (Fsp3) is 0.357. The molecule has 112 valence electrons. The first-order valence-corrected chi connectivity index (χ1v) is 7.19. The fourth-order valence-electron chi connectivity index (χ4n) is 2.10. The summed E-state index contributed by atoms with van der Waals surface area (Å²) in [4.78, 5) is 22.4. The molecule has 0 aliphatic carbocycles. The number of carbonyl (C=O) groups excluding carboxylic acids is 2. The normalized spacial score (nSPS) is 21.0. The molecule has 1 aromatic rings. The van der Waals surface area contributed by atoms with Crippen molar-refractivity contribution in [2.45, 2.75) is 25.6 Å². The first-order valence-electron chi connectivity index (χ1n) is 6.37. The summed E-state index contributed by atoms with van der Waals surface area (Å²) < 4.78 is 5.23. The van der Waals surface area contributed by atoms with E-state index in [-0.39, 0.29) is 11.8 Å². The van der Waals surface area contributed by atoms with E-state index >= 15 is 0 Å². The van der Waals surface area contributed by atoms with E-state index in [1.54, 1.807) is 7.11 Å². The Morgan fingerprint density at radius 1 is 1.38 bits per heavy atom. The van der Waals surface area contributed by atoms with Crippen molar-refractivity contribution in [2.24, 2.45) is 5.10 Å². The number of hydrogen-bond acceptors (Lipinski definition) is 5. The van der Waals surface area contributed by atoms with Crippen LogP contribution < -0.4 is 10.1 Å². The Morgan fingerprint density at radius 2 is 2.10 bits per heavy atom. The summed E-state index contributed by atoms with van der Waals surface area (Å²) in [5.74, 6) is 0.277. The van der Waals surface area contributed by atoms with Crippen molar-refractivity contribution < 1.29 is 14.3 Å². The Balaban J connectivity index is 2.40.